The summed E-state index contributed by atoms with van der Waals surface area (Å²) in [5, 5.41) is 9.55. The van der Waals surface area contributed by atoms with Gasteiger partial charge in [-0.2, -0.15) is 0 Å². The van der Waals surface area contributed by atoms with Gasteiger partial charge in [0.1, 0.15) is 5.82 Å². The van der Waals surface area contributed by atoms with Crippen molar-refractivity contribution in [2.45, 2.75) is 19.4 Å². The summed E-state index contributed by atoms with van der Waals surface area (Å²) in [7, 11) is 0. The minimum atomic E-state index is -0.477. The normalized spacial score (nSPS) is 20.6. The fourth-order valence-corrected chi connectivity index (χ4v) is 2.46. The van der Waals surface area contributed by atoms with Gasteiger partial charge in [-0.25, -0.2) is 4.39 Å². The minimum absolute atomic E-state index is 0.0370. The van der Waals surface area contributed by atoms with Gasteiger partial charge in [0.25, 0.3) is 0 Å². The molecule has 1 N–H and O–H groups in total. The van der Waals surface area contributed by atoms with E-state index in [9.17, 15) is 14.3 Å². The van der Waals surface area contributed by atoms with Gasteiger partial charge < -0.3 is 10.0 Å². The largest absolute Gasteiger partial charge is 0.393 e. The maximum Gasteiger partial charge on any atom is 0.246 e. The van der Waals surface area contributed by atoms with Crippen molar-refractivity contribution in [3.8, 4) is 0 Å². The molecule has 2 rings (SSSR count). The third-order valence-corrected chi connectivity index (χ3v) is 3.87. The van der Waals surface area contributed by atoms with Crippen molar-refractivity contribution in [1.29, 1.82) is 0 Å². The summed E-state index contributed by atoms with van der Waals surface area (Å²) >= 11 is 5.68. The molecule has 0 aromatic heterocycles. The first-order valence-corrected chi connectivity index (χ1v) is 6.95. The Balaban J connectivity index is 1.97. The first-order valence-electron chi connectivity index (χ1n) is 6.57. The number of carbonyl (C=O) groups excluding carboxylic acids is 1. The molecule has 5 heteroatoms. The van der Waals surface area contributed by atoms with Gasteiger partial charge in [-0.1, -0.05) is 17.7 Å². The van der Waals surface area contributed by atoms with Gasteiger partial charge in [0.2, 0.25) is 5.91 Å². The maximum atomic E-state index is 13.0. The molecule has 1 aliphatic rings. The van der Waals surface area contributed by atoms with Crippen LogP contribution in [0.2, 0.25) is 5.02 Å². The number of hydrogen-bond acceptors (Lipinski definition) is 2. The summed E-state index contributed by atoms with van der Waals surface area (Å²) in [5.41, 5.74) is 0.677. The minimum Gasteiger partial charge on any atom is -0.393 e. The molecule has 0 aliphatic carbocycles. The fraction of sp³-hybridized carbons (Fsp3) is 0.400. The third-order valence-electron chi connectivity index (χ3n) is 3.58. The number of aliphatic hydroxyl groups is 1. The highest BCUT2D eigenvalue weighted by atomic mass is 35.5. The third kappa shape index (κ3) is 3.58. The van der Waals surface area contributed by atoms with Crippen LogP contribution < -0.4 is 0 Å². The van der Waals surface area contributed by atoms with Gasteiger partial charge >= 0.3 is 0 Å². The van der Waals surface area contributed by atoms with Crippen molar-refractivity contribution in [2.24, 2.45) is 5.92 Å². The number of hydrogen-bond donors (Lipinski definition) is 1. The van der Waals surface area contributed by atoms with Crippen LogP contribution in [0.3, 0.4) is 0 Å². The zero-order valence-electron chi connectivity index (χ0n) is 11.2. The molecule has 1 heterocycles. The van der Waals surface area contributed by atoms with E-state index in [0.717, 1.165) is 6.42 Å². The summed E-state index contributed by atoms with van der Waals surface area (Å²) in [4.78, 5) is 13.7. The highest BCUT2D eigenvalue weighted by Gasteiger charge is 2.27. The molecule has 1 saturated heterocycles. The van der Waals surface area contributed by atoms with Crippen LogP contribution >= 0.6 is 11.6 Å². The molecule has 20 heavy (non-hydrogen) atoms. The molecule has 0 saturated carbocycles. The molecule has 1 aromatic rings. The molecule has 0 bridgehead atoms. The van der Waals surface area contributed by atoms with E-state index in [4.69, 9.17) is 11.6 Å². The van der Waals surface area contributed by atoms with E-state index in [1.807, 2.05) is 0 Å². The lowest BCUT2D eigenvalue weighted by molar-refractivity contribution is -0.125. The van der Waals surface area contributed by atoms with Gasteiger partial charge in [0, 0.05) is 25.1 Å². The molecule has 3 nitrogen and oxygen atoms in total. The van der Waals surface area contributed by atoms with Crippen LogP contribution in [-0.2, 0) is 4.79 Å². The van der Waals surface area contributed by atoms with E-state index in [1.165, 1.54) is 18.2 Å². The lowest BCUT2D eigenvalue weighted by Crippen LogP contribution is -2.28. The van der Waals surface area contributed by atoms with E-state index in [1.54, 1.807) is 24.0 Å². The van der Waals surface area contributed by atoms with E-state index in [2.05, 4.69) is 0 Å². The molecule has 1 aliphatic heterocycles. The molecular weight excluding hydrogens is 281 g/mol. The van der Waals surface area contributed by atoms with Crippen molar-refractivity contribution in [3.05, 3.63) is 40.7 Å². The smallest absolute Gasteiger partial charge is 0.246 e. The van der Waals surface area contributed by atoms with Gasteiger partial charge in [0.15, 0.2) is 0 Å². The molecule has 1 fully saturated rings. The Morgan fingerprint density at radius 3 is 2.95 bits per heavy atom. The molecule has 108 valence electrons. The van der Waals surface area contributed by atoms with Crippen molar-refractivity contribution < 1.29 is 14.3 Å². The lowest BCUT2D eigenvalue weighted by atomic mass is 10.0. The highest BCUT2D eigenvalue weighted by molar-refractivity contribution is 6.30. The van der Waals surface area contributed by atoms with E-state index in [-0.39, 0.29) is 16.8 Å². The van der Waals surface area contributed by atoms with E-state index < -0.39 is 11.9 Å². The molecular formula is C15H17ClFNO2. The van der Waals surface area contributed by atoms with Crippen molar-refractivity contribution >= 4 is 23.6 Å². The monoisotopic (exact) mass is 297 g/mol. The molecule has 2 unspecified atom stereocenters. The number of likely N-dealkylation sites (tertiary alicyclic amines) is 1. The average molecular weight is 298 g/mol. The maximum absolute atomic E-state index is 13.0. The summed E-state index contributed by atoms with van der Waals surface area (Å²) in [6.45, 7) is 2.98. The SMILES string of the molecule is CC(O)C1CCN(C(=O)/C=C/c2ccc(F)c(Cl)c2)C1. The number of nitrogens with zero attached hydrogens (tertiary/aromatic N) is 1. The quantitative estimate of drug-likeness (QED) is 0.872. The van der Waals surface area contributed by atoms with Crippen LogP contribution in [0.25, 0.3) is 6.08 Å². The second kappa shape index (κ2) is 6.37. The highest BCUT2D eigenvalue weighted by Crippen LogP contribution is 2.20. The van der Waals surface area contributed by atoms with Gasteiger partial charge in [0.05, 0.1) is 11.1 Å². The standard InChI is InChI=1S/C15H17ClFNO2/c1-10(19)12-6-7-18(9-12)15(20)5-3-11-2-4-14(17)13(16)8-11/h2-5,8,10,12,19H,6-7,9H2,1H3/b5-3+. The zero-order valence-corrected chi connectivity index (χ0v) is 12.0. The van der Waals surface area contributed by atoms with Crippen molar-refractivity contribution in [3.63, 3.8) is 0 Å². The number of halogens is 2. The molecule has 1 amide bonds. The van der Waals surface area contributed by atoms with Crippen molar-refractivity contribution in [2.75, 3.05) is 13.1 Å². The second-order valence-electron chi connectivity index (χ2n) is 5.08. The Morgan fingerprint density at radius 1 is 1.60 bits per heavy atom. The van der Waals surface area contributed by atoms with Crippen LogP contribution in [0.5, 0.6) is 0 Å². The number of amides is 1. The van der Waals surface area contributed by atoms with Crippen LogP contribution in [-0.4, -0.2) is 35.1 Å². The summed E-state index contributed by atoms with van der Waals surface area (Å²) < 4.78 is 13.0. The fourth-order valence-electron chi connectivity index (χ4n) is 2.27. The van der Waals surface area contributed by atoms with Crippen LogP contribution in [0.15, 0.2) is 24.3 Å². The summed E-state index contributed by atoms with van der Waals surface area (Å²) in [6, 6.07) is 4.31. The summed E-state index contributed by atoms with van der Waals surface area (Å²) in [5.74, 6) is -0.435. The number of rotatable bonds is 3. The molecule has 0 spiro atoms. The Labute approximate surface area is 122 Å². The van der Waals surface area contributed by atoms with Gasteiger partial charge in [-0.3, -0.25) is 4.79 Å². The zero-order chi connectivity index (χ0) is 14.7. The predicted octanol–water partition coefficient (Wildman–Crippen LogP) is 2.72. The van der Waals surface area contributed by atoms with E-state index in [0.29, 0.717) is 18.7 Å². The van der Waals surface area contributed by atoms with Crippen LogP contribution in [0, 0.1) is 11.7 Å². The molecule has 1 aromatic carbocycles. The molecule has 0 radical (unpaired) electrons. The van der Waals surface area contributed by atoms with Crippen LogP contribution in [0.4, 0.5) is 4.39 Å². The Hall–Kier alpha value is -1.39. The number of carbonyl (C=O) groups is 1. The van der Waals surface area contributed by atoms with Crippen molar-refractivity contribution in [1.82, 2.24) is 4.90 Å². The Morgan fingerprint density at radius 2 is 2.35 bits per heavy atom. The van der Waals surface area contributed by atoms with Gasteiger partial charge in [-0.05, 0) is 37.1 Å². The first kappa shape index (κ1) is 15.0. The number of aliphatic hydroxyl groups excluding tert-OH is 1. The van der Waals surface area contributed by atoms with Crippen LogP contribution in [0.1, 0.15) is 18.9 Å². The molecule has 2 atom stereocenters. The summed E-state index contributed by atoms with van der Waals surface area (Å²) in [6.07, 6.45) is 3.49. The average Bonchev–Trinajstić information content (AvgIpc) is 2.89. The van der Waals surface area contributed by atoms with Gasteiger partial charge in [-0.15, -0.1) is 0 Å². The second-order valence-corrected chi connectivity index (χ2v) is 5.49. The lowest BCUT2D eigenvalue weighted by Gasteiger charge is -2.15. The predicted molar refractivity (Wildman–Crippen MR) is 76.8 cm³/mol. The Bertz CT molecular complexity index is 531. The first-order chi connectivity index (χ1) is 9.47. The Kier molecular flexibility index (Phi) is 4.78. The number of benzene rings is 1. The van der Waals surface area contributed by atoms with E-state index >= 15 is 0 Å². The topological polar surface area (TPSA) is 40.5 Å².